The number of amides is 1. The Bertz CT molecular complexity index is 828. The minimum absolute atomic E-state index is 0.0172. The molecule has 0 aliphatic carbocycles. The molecule has 2 atom stereocenters. The number of ether oxygens (including phenoxy) is 2. The van der Waals surface area contributed by atoms with Crippen LogP contribution in [0, 0.1) is 0 Å². The van der Waals surface area contributed by atoms with Crippen molar-refractivity contribution >= 4 is 19.8 Å². The Morgan fingerprint density at radius 3 is 2.74 bits per heavy atom. The molecule has 3 aliphatic heterocycles. The van der Waals surface area contributed by atoms with Crippen molar-refractivity contribution in [2.24, 2.45) is 0 Å². The minimum Gasteiger partial charge on any atom is -0.497 e. The summed E-state index contributed by atoms with van der Waals surface area (Å²) >= 11 is 0. The number of methoxy groups -OCH3 is 2. The van der Waals surface area contributed by atoms with Gasteiger partial charge in [-0.25, -0.2) is 0 Å². The Kier molecular flexibility index (Phi) is 5.19. The van der Waals surface area contributed by atoms with Gasteiger partial charge in [0.05, 0.1) is 25.7 Å². The molecule has 7 heteroatoms. The Morgan fingerprint density at radius 1 is 1.19 bits per heavy atom. The predicted octanol–water partition coefficient (Wildman–Crippen LogP) is 2.21. The number of nitrogens with zero attached hydrogens (tertiary/aromatic N) is 2. The molecule has 4 rings (SSSR count). The minimum atomic E-state index is 0.0172. The zero-order valence-electron chi connectivity index (χ0n) is 15.6. The van der Waals surface area contributed by atoms with Crippen molar-refractivity contribution in [3.63, 3.8) is 0 Å². The largest absolute Gasteiger partial charge is 0.497 e. The van der Waals surface area contributed by atoms with E-state index in [1.54, 1.807) is 20.3 Å². The van der Waals surface area contributed by atoms with Gasteiger partial charge in [0, 0.05) is 50.1 Å². The molecule has 27 heavy (non-hydrogen) atoms. The fourth-order valence-corrected chi connectivity index (χ4v) is 4.97. The van der Waals surface area contributed by atoms with Gasteiger partial charge in [0.1, 0.15) is 11.5 Å². The number of carbonyl (C=O) groups is 1. The molecule has 3 heterocycles. The van der Waals surface area contributed by atoms with E-state index in [1.165, 1.54) is 0 Å². The lowest BCUT2D eigenvalue weighted by molar-refractivity contribution is -0.123. The molecule has 1 amide bonds. The number of benzene rings is 1. The highest BCUT2D eigenvalue weighted by molar-refractivity contribution is 7.51. The number of allylic oxidation sites excluding steroid dienone is 1. The zero-order valence-corrected chi connectivity index (χ0v) is 16.6. The Balaban J connectivity index is 1.60. The smallest absolute Gasteiger partial charge is 0.252 e. The van der Waals surface area contributed by atoms with Crippen molar-refractivity contribution in [2.45, 2.75) is 5.78 Å². The van der Waals surface area contributed by atoms with E-state index in [0.717, 1.165) is 54.3 Å². The third-order valence-electron chi connectivity index (χ3n) is 5.03. The van der Waals surface area contributed by atoms with Gasteiger partial charge in [-0.15, -0.1) is 0 Å². The molecule has 0 saturated carbocycles. The van der Waals surface area contributed by atoms with Crippen molar-refractivity contribution in [3.8, 4) is 11.5 Å². The van der Waals surface area contributed by atoms with Gasteiger partial charge in [-0.2, -0.15) is 0 Å². The maximum Gasteiger partial charge on any atom is 0.252 e. The fourth-order valence-electron chi connectivity index (χ4n) is 3.55. The summed E-state index contributed by atoms with van der Waals surface area (Å²) in [6.45, 7) is 3.89. The third kappa shape index (κ3) is 3.60. The molecule has 1 N–H and O–H groups in total. The van der Waals surface area contributed by atoms with Gasteiger partial charge in [-0.05, 0) is 23.5 Å². The highest BCUT2D eigenvalue weighted by Crippen LogP contribution is 2.47. The number of carbonyl (C=O) groups excluding carboxylic acids is 1. The van der Waals surface area contributed by atoms with Crippen molar-refractivity contribution in [3.05, 3.63) is 53.9 Å². The fraction of sp³-hybridized carbons (Fsp3) is 0.350. The van der Waals surface area contributed by atoms with Crippen LogP contribution in [0.4, 0.5) is 0 Å². The molecule has 0 radical (unpaired) electrons. The van der Waals surface area contributed by atoms with Crippen LogP contribution in [0.25, 0.3) is 5.31 Å². The van der Waals surface area contributed by atoms with Crippen molar-refractivity contribution in [2.75, 3.05) is 40.4 Å². The first-order chi connectivity index (χ1) is 13.2. The number of fused-ring (bicyclic) bond motifs is 1. The molecular weight excluding hydrogens is 361 g/mol. The van der Waals surface area contributed by atoms with E-state index in [1.807, 2.05) is 29.3 Å². The number of rotatable bonds is 4. The number of hydrogen-bond donors (Lipinski definition) is 1. The van der Waals surface area contributed by atoms with Crippen molar-refractivity contribution < 1.29 is 14.3 Å². The maximum atomic E-state index is 12.8. The molecule has 1 fully saturated rings. The van der Waals surface area contributed by atoms with Crippen LogP contribution in [0.5, 0.6) is 11.5 Å². The van der Waals surface area contributed by atoms with Crippen molar-refractivity contribution in [1.29, 1.82) is 0 Å². The first-order valence-electron chi connectivity index (χ1n) is 9.08. The van der Waals surface area contributed by atoms with Gasteiger partial charge < -0.3 is 24.6 Å². The van der Waals surface area contributed by atoms with Crippen LogP contribution in [0.3, 0.4) is 0 Å². The molecule has 0 bridgehead atoms. The molecule has 1 saturated heterocycles. The van der Waals surface area contributed by atoms with E-state index in [-0.39, 0.29) is 11.7 Å². The molecule has 0 spiro atoms. The first kappa shape index (κ1) is 18.1. The van der Waals surface area contributed by atoms with Crippen LogP contribution < -0.4 is 14.8 Å². The van der Waals surface area contributed by atoms with E-state index >= 15 is 0 Å². The lowest BCUT2D eigenvalue weighted by atomic mass is 10.1. The quantitative estimate of drug-likeness (QED) is 0.806. The number of nitrogens with one attached hydrogen (secondary N) is 1. The summed E-state index contributed by atoms with van der Waals surface area (Å²) in [5, 5.41) is 4.38. The van der Waals surface area contributed by atoms with Crippen molar-refractivity contribution in [1.82, 2.24) is 15.1 Å². The average molecular weight is 385 g/mol. The van der Waals surface area contributed by atoms with E-state index in [9.17, 15) is 4.79 Å². The van der Waals surface area contributed by atoms with Gasteiger partial charge in [0.2, 0.25) is 0 Å². The van der Waals surface area contributed by atoms with E-state index in [0.29, 0.717) is 8.58 Å². The zero-order chi connectivity index (χ0) is 18.8. The Hall–Kier alpha value is -2.30. The van der Waals surface area contributed by atoms with Crippen LogP contribution in [0.1, 0.15) is 5.56 Å². The van der Waals surface area contributed by atoms with Gasteiger partial charge in [-0.3, -0.25) is 4.79 Å². The topological polar surface area (TPSA) is 54.0 Å². The predicted molar refractivity (Wildman–Crippen MR) is 108 cm³/mol. The first-order valence-corrected chi connectivity index (χ1v) is 10.2. The summed E-state index contributed by atoms with van der Waals surface area (Å²) in [5.41, 5.74) is 2.07. The molecule has 6 nitrogen and oxygen atoms in total. The third-order valence-corrected chi connectivity index (χ3v) is 6.52. The highest BCUT2D eigenvalue weighted by atomic mass is 31.1. The maximum absolute atomic E-state index is 12.8. The monoisotopic (exact) mass is 385 g/mol. The number of hydrogen-bond acceptors (Lipinski definition) is 5. The Labute approximate surface area is 161 Å². The second-order valence-electron chi connectivity index (χ2n) is 6.61. The molecule has 2 unspecified atom stereocenters. The molecule has 0 aromatic heterocycles. The standard InChI is InChI=1S/C20H24N3O3P/c1-25-15-4-5-16(17(11-15)26-2)18-12-19(24)23-13-14(3-6-20(23)27-18)22-9-7-21-8-10-22/h3-6,11-13,20-21,27H,7-10H2,1-2H3. The van der Waals surface area contributed by atoms with Gasteiger partial charge >= 0.3 is 0 Å². The summed E-state index contributed by atoms with van der Waals surface area (Å²) in [4.78, 5) is 17.0. The van der Waals surface area contributed by atoms with E-state index in [4.69, 9.17) is 9.47 Å². The molecule has 3 aliphatic rings. The number of piperazine rings is 1. The van der Waals surface area contributed by atoms with E-state index < -0.39 is 0 Å². The van der Waals surface area contributed by atoms with Gasteiger partial charge in [0.15, 0.2) is 0 Å². The summed E-state index contributed by atoms with van der Waals surface area (Å²) in [6.07, 6.45) is 8.05. The lowest BCUT2D eigenvalue weighted by Crippen LogP contribution is -2.44. The summed E-state index contributed by atoms with van der Waals surface area (Å²) in [7, 11) is 3.74. The molecule has 142 valence electrons. The lowest BCUT2D eigenvalue weighted by Gasteiger charge is -2.37. The normalized spacial score (nSPS) is 23.0. The average Bonchev–Trinajstić information content (AvgIpc) is 2.73. The van der Waals surface area contributed by atoms with Crippen LogP contribution in [-0.4, -0.2) is 61.9 Å². The summed E-state index contributed by atoms with van der Waals surface area (Å²) in [6, 6.07) is 5.73. The van der Waals surface area contributed by atoms with Crippen LogP contribution in [-0.2, 0) is 4.79 Å². The van der Waals surface area contributed by atoms with E-state index in [2.05, 4.69) is 22.4 Å². The molecule has 1 aromatic rings. The summed E-state index contributed by atoms with van der Waals surface area (Å²) in [5.74, 6) is 1.55. The van der Waals surface area contributed by atoms with Gasteiger partial charge in [-0.1, -0.05) is 14.7 Å². The second-order valence-corrected chi connectivity index (χ2v) is 8.03. The van der Waals surface area contributed by atoms with Gasteiger partial charge in [0.25, 0.3) is 5.91 Å². The second kappa shape index (κ2) is 7.75. The molecule has 1 aromatic carbocycles. The Morgan fingerprint density at radius 2 is 2.00 bits per heavy atom. The summed E-state index contributed by atoms with van der Waals surface area (Å²) < 4.78 is 10.8. The molecular formula is C20H24N3O3P. The van der Waals surface area contributed by atoms with Crippen LogP contribution in [0.15, 0.2) is 48.3 Å². The van der Waals surface area contributed by atoms with Crippen LogP contribution in [0.2, 0.25) is 0 Å². The van der Waals surface area contributed by atoms with Crippen LogP contribution >= 0.6 is 8.58 Å². The highest BCUT2D eigenvalue weighted by Gasteiger charge is 2.30. The SMILES string of the molecule is COc1ccc(C2=CC(=O)N3C=C(N4CCNCC4)C=CC3P2)c(OC)c1.